The molecule has 0 bridgehead atoms. The Morgan fingerprint density at radius 2 is 2.00 bits per heavy atom. The summed E-state index contributed by atoms with van der Waals surface area (Å²) < 4.78 is 0. The Hall–Kier alpha value is -0.610. The van der Waals surface area contributed by atoms with Crippen molar-refractivity contribution < 1.29 is 4.79 Å². The van der Waals surface area contributed by atoms with E-state index in [1.807, 2.05) is 13.8 Å². The molecular weight excluding hydrogens is 214 g/mol. The molecule has 1 amide bonds. The third-order valence-corrected chi connectivity index (χ3v) is 3.54. The number of likely N-dealkylation sites (N-methyl/N-ethyl adjacent to an activating group) is 1. The molecule has 0 saturated heterocycles. The summed E-state index contributed by atoms with van der Waals surface area (Å²) in [5, 5.41) is 3.25. The van der Waals surface area contributed by atoms with Crippen LogP contribution in [-0.2, 0) is 4.79 Å². The summed E-state index contributed by atoms with van der Waals surface area (Å²) >= 11 is 0. The van der Waals surface area contributed by atoms with Gasteiger partial charge in [-0.15, -0.1) is 0 Å². The van der Waals surface area contributed by atoms with Crippen molar-refractivity contribution in [1.29, 1.82) is 0 Å². The van der Waals surface area contributed by atoms with Crippen molar-refractivity contribution in [2.24, 2.45) is 5.73 Å². The summed E-state index contributed by atoms with van der Waals surface area (Å²) in [5.74, 6) is -0.241. The van der Waals surface area contributed by atoms with Crippen LogP contribution in [0, 0.1) is 0 Å². The van der Waals surface area contributed by atoms with Gasteiger partial charge in [-0.25, -0.2) is 0 Å². The van der Waals surface area contributed by atoms with Crippen molar-refractivity contribution in [3.05, 3.63) is 0 Å². The second-order valence-electron chi connectivity index (χ2n) is 5.30. The first-order valence-electron chi connectivity index (χ1n) is 6.84. The summed E-state index contributed by atoms with van der Waals surface area (Å²) in [7, 11) is 0. The van der Waals surface area contributed by atoms with E-state index in [9.17, 15) is 4.79 Å². The molecule has 17 heavy (non-hydrogen) atoms. The molecule has 1 fully saturated rings. The maximum atomic E-state index is 11.4. The number of hydrogen-bond acceptors (Lipinski definition) is 3. The van der Waals surface area contributed by atoms with Crippen molar-refractivity contribution in [3.63, 3.8) is 0 Å². The van der Waals surface area contributed by atoms with E-state index in [1.165, 1.54) is 25.7 Å². The van der Waals surface area contributed by atoms with E-state index in [1.54, 1.807) is 0 Å². The van der Waals surface area contributed by atoms with Gasteiger partial charge in [-0.3, -0.25) is 9.69 Å². The molecule has 3 N–H and O–H groups in total. The smallest absolute Gasteiger partial charge is 0.235 e. The van der Waals surface area contributed by atoms with E-state index < -0.39 is 0 Å². The summed E-state index contributed by atoms with van der Waals surface area (Å²) in [5.41, 5.74) is 5.46. The molecule has 1 saturated carbocycles. The molecule has 1 rings (SSSR count). The van der Waals surface area contributed by atoms with Crippen LogP contribution >= 0.6 is 0 Å². The standard InChI is InChI=1S/C13H27N3O/c1-4-16(11-7-5-6-8-11)9-12(13(14)17)15-10(2)3/h10-12,15H,4-9H2,1-3H3,(H2,14,17). The van der Waals surface area contributed by atoms with Gasteiger partial charge < -0.3 is 11.1 Å². The SMILES string of the molecule is CCN(CC(NC(C)C)C(N)=O)C1CCCC1. The van der Waals surface area contributed by atoms with E-state index in [0.717, 1.165) is 13.1 Å². The second-order valence-corrected chi connectivity index (χ2v) is 5.30. The molecule has 100 valence electrons. The summed E-state index contributed by atoms with van der Waals surface area (Å²) in [6.07, 6.45) is 5.17. The van der Waals surface area contributed by atoms with Gasteiger partial charge in [0.2, 0.25) is 5.91 Å². The van der Waals surface area contributed by atoms with Gasteiger partial charge in [-0.1, -0.05) is 33.6 Å². The zero-order chi connectivity index (χ0) is 12.8. The average molecular weight is 241 g/mol. The number of nitrogens with zero attached hydrogens (tertiary/aromatic N) is 1. The van der Waals surface area contributed by atoms with Crippen LogP contribution in [0.15, 0.2) is 0 Å². The molecule has 1 aliphatic carbocycles. The molecular formula is C13H27N3O. The lowest BCUT2D eigenvalue weighted by molar-refractivity contribution is -0.120. The van der Waals surface area contributed by atoms with Crippen molar-refractivity contribution >= 4 is 5.91 Å². The Morgan fingerprint density at radius 1 is 1.41 bits per heavy atom. The highest BCUT2D eigenvalue weighted by atomic mass is 16.1. The quantitative estimate of drug-likeness (QED) is 0.702. The van der Waals surface area contributed by atoms with Crippen molar-refractivity contribution in [3.8, 4) is 0 Å². The maximum absolute atomic E-state index is 11.4. The van der Waals surface area contributed by atoms with E-state index in [4.69, 9.17) is 5.73 Å². The maximum Gasteiger partial charge on any atom is 0.235 e. The summed E-state index contributed by atoms with van der Waals surface area (Å²) in [6.45, 7) is 7.98. The zero-order valence-corrected chi connectivity index (χ0v) is 11.4. The number of hydrogen-bond donors (Lipinski definition) is 2. The molecule has 0 aliphatic heterocycles. The molecule has 0 heterocycles. The van der Waals surface area contributed by atoms with Gasteiger partial charge in [0, 0.05) is 18.6 Å². The summed E-state index contributed by atoms with van der Waals surface area (Å²) in [4.78, 5) is 13.8. The molecule has 0 radical (unpaired) electrons. The van der Waals surface area contributed by atoms with Crippen LogP contribution in [0.3, 0.4) is 0 Å². The summed E-state index contributed by atoms with van der Waals surface area (Å²) in [6, 6.07) is 0.709. The van der Waals surface area contributed by atoms with Crippen LogP contribution in [0.1, 0.15) is 46.5 Å². The van der Waals surface area contributed by atoms with Crippen LogP contribution in [0.5, 0.6) is 0 Å². The van der Waals surface area contributed by atoms with Crippen LogP contribution in [-0.4, -0.2) is 42.0 Å². The number of amides is 1. The minimum atomic E-state index is -0.241. The highest BCUT2D eigenvalue weighted by molar-refractivity contribution is 5.80. The van der Waals surface area contributed by atoms with Crippen LogP contribution in [0.4, 0.5) is 0 Å². The molecule has 0 aromatic heterocycles. The largest absolute Gasteiger partial charge is 0.368 e. The zero-order valence-electron chi connectivity index (χ0n) is 11.4. The predicted octanol–water partition coefficient (Wildman–Crippen LogP) is 1.10. The third kappa shape index (κ3) is 4.64. The lowest BCUT2D eigenvalue weighted by Gasteiger charge is -2.31. The Kier molecular flexibility index (Phi) is 5.92. The Morgan fingerprint density at radius 3 is 2.41 bits per heavy atom. The highest BCUT2D eigenvalue weighted by Gasteiger charge is 2.26. The van der Waals surface area contributed by atoms with Crippen LogP contribution in [0.25, 0.3) is 0 Å². The molecule has 1 unspecified atom stereocenters. The van der Waals surface area contributed by atoms with E-state index in [-0.39, 0.29) is 18.0 Å². The Bertz CT molecular complexity index is 237. The molecule has 0 aromatic carbocycles. The van der Waals surface area contributed by atoms with Gasteiger partial charge >= 0.3 is 0 Å². The van der Waals surface area contributed by atoms with Crippen molar-refractivity contribution in [2.45, 2.75) is 64.6 Å². The topological polar surface area (TPSA) is 58.4 Å². The minimum absolute atomic E-state index is 0.226. The predicted molar refractivity (Wildman–Crippen MR) is 70.8 cm³/mol. The monoisotopic (exact) mass is 241 g/mol. The molecule has 1 aliphatic rings. The number of rotatable bonds is 7. The van der Waals surface area contributed by atoms with E-state index in [2.05, 4.69) is 17.1 Å². The fraction of sp³-hybridized carbons (Fsp3) is 0.923. The van der Waals surface area contributed by atoms with Crippen LogP contribution in [0.2, 0.25) is 0 Å². The minimum Gasteiger partial charge on any atom is -0.368 e. The van der Waals surface area contributed by atoms with Gasteiger partial charge in [0.1, 0.15) is 0 Å². The number of primary amides is 1. The third-order valence-electron chi connectivity index (χ3n) is 3.54. The van der Waals surface area contributed by atoms with E-state index >= 15 is 0 Å². The first-order chi connectivity index (χ1) is 8.04. The first-order valence-corrected chi connectivity index (χ1v) is 6.84. The normalized spacial score (nSPS) is 19.1. The average Bonchev–Trinajstić information content (AvgIpc) is 2.76. The molecule has 4 nitrogen and oxygen atoms in total. The number of carbonyl (C=O) groups excluding carboxylic acids is 1. The van der Waals surface area contributed by atoms with Gasteiger partial charge in [0.15, 0.2) is 0 Å². The van der Waals surface area contributed by atoms with Gasteiger partial charge in [0.25, 0.3) is 0 Å². The number of nitrogens with one attached hydrogen (secondary N) is 1. The van der Waals surface area contributed by atoms with Gasteiger partial charge in [-0.2, -0.15) is 0 Å². The molecule has 0 aromatic rings. The highest BCUT2D eigenvalue weighted by Crippen LogP contribution is 2.23. The number of nitrogens with two attached hydrogens (primary N) is 1. The van der Waals surface area contributed by atoms with Crippen LogP contribution < -0.4 is 11.1 Å². The van der Waals surface area contributed by atoms with Gasteiger partial charge in [0.05, 0.1) is 6.04 Å². The molecule has 0 spiro atoms. The molecule has 4 heteroatoms. The lowest BCUT2D eigenvalue weighted by atomic mass is 10.1. The fourth-order valence-corrected chi connectivity index (χ4v) is 2.67. The van der Waals surface area contributed by atoms with E-state index in [0.29, 0.717) is 6.04 Å². The number of carbonyl (C=O) groups is 1. The molecule has 1 atom stereocenters. The lowest BCUT2D eigenvalue weighted by Crippen LogP contribution is -2.52. The van der Waals surface area contributed by atoms with Crippen molar-refractivity contribution in [2.75, 3.05) is 13.1 Å². The first kappa shape index (κ1) is 14.5. The van der Waals surface area contributed by atoms with Gasteiger partial charge in [-0.05, 0) is 19.4 Å². The fourth-order valence-electron chi connectivity index (χ4n) is 2.67. The Balaban J connectivity index is 2.53. The second kappa shape index (κ2) is 6.97. The Labute approximate surface area is 105 Å². The van der Waals surface area contributed by atoms with Crippen molar-refractivity contribution in [1.82, 2.24) is 10.2 Å².